The lowest BCUT2D eigenvalue weighted by Crippen LogP contribution is -2.35. The molecule has 0 atom stereocenters. The van der Waals surface area contributed by atoms with Gasteiger partial charge in [0.15, 0.2) is 0 Å². The summed E-state index contributed by atoms with van der Waals surface area (Å²) < 4.78 is 1.35. The fourth-order valence-electron chi connectivity index (χ4n) is 3.29. The molecule has 1 amide bonds. The van der Waals surface area contributed by atoms with Gasteiger partial charge >= 0.3 is 0 Å². The first-order chi connectivity index (χ1) is 14.4. The van der Waals surface area contributed by atoms with Gasteiger partial charge in [0.05, 0.1) is 0 Å². The van der Waals surface area contributed by atoms with Crippen molar-refractivity contribution in [2.75, 3.05) is 6.61 Å². The van der Waals surface area contributed by atoms with E-state index >= 15 is 0 Å². The predicted octanol–water partition coefficient (Wildman–Crippen LogP) is 3.03. The maximum absolute atomic E-state index is 13.1. The van der Waals surface area contributed by atoms with Crippen molar-refractivity contribution in [2.24, 2.45) is 0 Å². The number of nitrogens with zero attached hydrogens (tertiary/aromatic N) is 2. The van der Waals surface area contributed by atoms with Crippen LogP contribution in [0.2, 0.25) is 5.02 Å². The number of carbonyl (C=O) groups excluding carboxylic acids is 1. The second-order valence-corrected chi connectivity index (χ2v) is 7.57. The molecule has 0 aliphatic heterocycles. The third kappa shape index (κ3) is 5.14. The Bertz CT molecular complexity index is 1110. The van der Waals surface area contributed by atoms with Gasteiger partial charge in [-0.05, 0) is 43.7 Å². The number of rotatable bonds is 7. The van der Waals surface area contributed by atoms with Gasteiger partial charge in [-0.1, -0.05) is 41.4 Å². The van der Waals surface area contributed by atoms with Gasteiger partial charge in [-0.3, -0.25) is 14.2 Å². The fraction of sp³-hybridized carbons (Fsp3) is 0.261. The van der Waals surface area contributed by atoms with E-state index in [1.807, 2.05) is 31.2 Å². The Kier molecular flexibility index (Phi) is 7.03. The average Bonchev–Trinajstić information content (AvgIpc) is 2.72. The topological polar surface area (TPSA) is 84.2 Å². The van der Waals surface area contributed by atoms with Crippen molar-refractivity contribution < 1.29 is 9.90 Å². The van der Waals surface area contributed by atoms with Crippen molar-refractivity contribution in [1.82, 2.24) is 14.9 Å². The van der Waals surface area contributed by atoms with E-state index < -0.39 is 0 Å². The van der Waals surface area contributed by atoms with Gasteiger partial charge in [-0.2, -0.15) is 0 Å². The van der Waals surface area contributed by atoms with Crippen molar-refractivity contribution in [3.05, 3.63) is 86.3 Å². The van der Waals surface area contributed by atoms with Crippen molar-refractivity contribution in [3.8, 4) is 11.4 Å². The summed E-state index contributed by atoms with van der Waals surface area (Å²) in [7, 11) is 0. The molecule has 0 saturated heterocycles. The predicted molar refractivity (Wildman–Crippen MR) is 117 cm³/mol. The second-order valence-electron chi connectivity index (χ2n) is 7.14. The Morgan fingerprint density at radius 2 is 1.90 bits per heavy atom. The normalized spacial score (nSPS) is 10.8. The molecule has 0 saturated carbocycles. The lowest BCUT2D eigenvalue weighted by Gasteiger charge is -2.16. The number of aryl methyl sites for hydroxylation is 2. The van der Waals surface area contributed by atoms with Crippen LogP contribution in [0.1, 0.15) is 22.4 Å². The Morgan fingerprint density at radius 3 is 2.57 bits per heavy atom. The zero-order chi connectivity index (χ0) is 21.7. The maximum Gasteiger partial charge on any atom is 0.257 e. The number of aromatic nitrogens is 2. The van der Waals surface area contributed by atoms with E-state index in [1.54, 1.807) is 31.2 Å². The van der Waals surface area contributed by atoms with Crippen LogP contribution in [0.3, 0.4) is 0 Å². The first-order valence-electron chi connectivity index (χ1n) is 9.68. The van der Waals surface area contributed by atoms with Gasteiger partial charge < -0.3 is 10.4 Å². The van der Waals surface area contributed by atoms with Crippen LogP contribution in [0.5, 0.6) is 0 Å². The quantitative estimate of drug-likeness (QED) is 0.609. The molecule has 0 bridgehead atoms. The SMILES string of the molecule is Cc1cccc(CNC(=O)Cn2c(-c3ccc(Cl)cc3)nc(C)c(CCO)c2=O)c1. The number of carbonyl (C=O) groups is 1. The fourth-order valence-corrected chi connectivity index (χ4v) is 3.41. The van der Waals surface area contributed by atoms with Crippen LogP contribution >= 0.6 is 11.6 Å². The Balaban J connectivity index is 1.92. The molecule has 0 spiro atoms. The van der Waals surface area contributed by atoms with Crippen molar-refractivity contribution >= 4 is 17.5 Å². The van der Waals surface area contributed by atoms with Gasteiger partial charge in [0, 0.05) is 41.4 Å². The summed E-state index contributed by atoms with van der Waals surface area (Å²) in [5.41, 5.74) is 3.39. The van der Waals surface area contributed by atoms with Crippen LogP contribution in [-0.2, 0) is 24.3 Å². The van der Waals surface area contributed by atoms with E-state index in [1.165, 1.54) is 4.57 Å². The molecule has 0 fully saturated rings. The molecule has 6 nitrogen and oxygen atoms in total. The van der Waals surface area contributed by atoms with E-state index in [9.17, 15) is 14.7 Å². The summed E-state index contributed by atoms with van der Waals surface area (Å²) in [6, 6.07) is 14.8. The molecule has 2 N–H and O–H groups in total. The Labute approximate surface area is 180 Å². The van der Waals surface area contributed by atoms with Crippen molar-refractivity contribution in [3.63, 3.8) is 0 Å². The molecule has 7 heteroatoms. The monoisotopic (exact) mass is 425 g/mol. The van der Waals surface area contributed by atoms with Gasteiger partial charge in [-0.25, -0.2) is 4.98 Å². The molecule has 0 radical (unpaired) electrons. The first-order valence-corrected chi connectivity index (χ1v) is 10.1. The van der Waals surface area contributed by atoms with E-state index in [4.69, 9.17) is 11.6 Å². The number of aliphatic hydroxyl groups is 1. The molecule has 1 heterocycles. The van der Waals surface area contributed by atoms with Crippen LogP contribution in [0.25, 0.3) is 11.4 Å². The smallest absolute Gasteiger partial charge is 0.257 e. The Hall–Kier alpha value is -2.96. The molecule has 2 aromatic carbocycles. The minimum Gasteiger partial charge on any atom is -0.396 e. The summed E-state index contributed by atoms with van der Waals surface area (Å²) in [6.45, 7) is 3.75. The largest absolute Gasteiger partial charge is 0.396 e. The maximum atomic E-state index is 13.1. The summed E-state index contributed by atoms with van der Waals surface area (Å²) in [6.07, 6.45) is 0.184. The van der Waals surface area contributed by atoms with Crippen molar-refractivity contribution in [1.29, 1.82) is 0 Å². The number of aliphatic hydroxyl groups excluding tert-OH is 1. The highest BCUT2D eigenvalue weighted by Gasteiger charge is 2.17. The van der Waals surface area contributed by atoms with E-state index in [2.05, 4.69) is 10.3 Å². The van der Waals surface area contributed by atoms with E-state index in [-0.39, 0.29) is 31.0 Å². The van der Waals surface area contributed by atoms with Crippen molar-refractivity contribution in [2.45, 2.75) is 33.4 Å². The molecule has 0 unspecified atom stereocenters. The summed E-state index contributed by atoms with van der Waals surface area (Å²) in [4.78, 5) is 30.3. The molecular weight excluding hydrogens is 402 g/mol. The average molecular weight is 426 g/mol. The highest BCUT2D eigenvalue weighted by molar-refractivity contribution is 6.30. The molecule has 3 aromatic rings. The number of amides is 1. The third-order valence-corrected chi connectivity index (χ3v) is 5.06. The van der Waals surface area contributed by atoms with Crippen LogP contribution in [0, 0.1) is 13.8 Å². The van der Waals surface area contributed by atoms with E-state index in [0.717, 1.165) is 11.1 Å². The number of hydrogen-bond donors (Lipinski definition) is 2. The zero-order valence-electron chi connectivity index (χ0n) is 17.0. The van der Waals surface area contributed by atoms with E-state index in [0.29, 0.717) is 34.2 Å². The molecule has 0 aliphatic carbocycles. The minimum absolute atomic E-state index is 0.169. The lowest BCUT2D eigenvalue weighted by molar-refractivity contribution is -0.121. The van der Waals surface area contributed by atoms with Gasteiger partial charge in [0.25, 0.3) is 5.56 Å². The highest BCUT2D eigenvalue weighted by atomic mass is 35.5. The van der Waals surface area contributed by atoms with Gasteiger partial charge in [0.2, 0.25) is 5.91 Å². The molecule has 156 valence electrons. The lowest BCUT2D eigenvalue weighted by atomic mass is 10.1. The standard InChI is InChI=1S/C23H24ClN3O3/c1-15-4-3-5-17(12-15)13-25-21(29)14-27-22(18-6-8-19(24)9-7-18)26-16(2)20(10-11-28)23(27)30/h3-9,12,28H,10-11,13-14H2,1-2H3,(H,25,29). The summed E-state index contributed by atoms with van der Waals surface area (Å²) >= 11 is 5.98. The number of nitrogens with one attached hydrogen (secondary N) is 1. The highest BCUT2D eigenvalue weighted by Crippen LogP contribution is 2.20. The second kappa shape index (κ2) is 9.69. The summed E-state index contributed by atoms with van der Waals surface area (Å²) in [5.74, 6) is 0.0935. The third-order valence-electron chi connectivity index (χ3n) is 4.81. The Morgan fingerprint density at radius 1 is 1.17 bits per heavy atom. The molecule has 0 aliphatic rings. The van der Waals surface area contributed by atoms with Gasteiger partial charge in [-0.15, -0.1) is 0 Å². The summed E-state index contributed by atoms with van der Waals surface area (Å²) in [5, 5.41) is 12.7. The van der Waals surface area contributed by atoms with Crippen LogP contribution in [-0.4, -0.2) is 27.2 Å². The molecule has 3 rings (SSSR count). The number of halogens is 1. The van der Waals surface area contributed by atoms with Crippen LogP contribution in [0.4, 0.5) is 0 Å². The molecule has 30 heavy (non-hydrogen) atoms. The minimum atomic E-state index is -0.327. The zero-order valence-corrected chi connectivity index (χ0v) is 17.7. The molecule has 1 aromatic heterocycles. The first kappa shape index (κ1) is 21.7. The van der Waals surface area contributed by atoms with Crippen LogP contribution in [0.15, 0.2) is 53.3 Å². The number of hydrogen-bond acceptors (Lipinski definition) is 4. The molecular formula is C23H24ClN3O3. The van der Waals surface area contributed by atoms with Gasteiger partial charge in [0.1, 0.15) is 12.4 Å². The number of benzene rings is 2. The van der Waals surface area contributed by atoms with Crippen LogP contribution < -0.4 is 10.9 Å².